The fraction of sp³-hybridized carbons (Fsp3) is 0.292. The van der Waals surface area contributed by atoms with Gasteiger partial charge in [0.05, 0.1) is 16.9 Å². The van der Waals surface area contributed by atoms with Gasteiger partial charge in [-0.25, -0.2) is 0 Å². The fourth-order valence-electron chi connectivity index (χ4n) is 4.06. The van der Waals surface area contributed by atoms with Gasteiger partial charge in [-0.3, -0.25) is 14.6 Å². The van der Waals surface area contributed by atoms with Gasteiger partial charge in [0.2, 0.25) is 0 Å². The van der Waals surface area contributed by atoms with E-state index >= 15 is 0 Å². The van der Waals surface area contributed by atoms with Gasteiger partial charge in [0.15, 0.2) is 5.78 Å². The van der Waals surface area contributed by atoms with Crippen LogP contribution in [0.4, 0.5) is 11.4 Å². The lowest BCUT2D eigenvalue weighted by molar-refractivity contribution is 0.0911. The van der Waals surface area contributed by atoms with Crippen LogP contribution in [0.2, 0.25) is 0 Å². The Morgan fingerprint density at radius 2 is 1.93 bits per heavy atom. The first-order valence-electron chi connectivity index (χ1n) is 10.2. The number of amides is 1. The number of nitrogens with one attached hydrogen (secondary N) is 3. The number of pyridine rings is 1. The van der Waals surface area contributed by atoms with Crippen LogP contribution in [0.1, 0.15) is 53.6 Å². The van der Waals surface area contributed by atoms with Crippen LogP contribution in [0.5, 0.6) is 0 Å². The van der Waals surface area contributed by atoms with Crippen molar-refractivity contribution in [3.63, 3.8) is 0 Å². The van der Waals surface area contributed by atoms with E-state index in [1.807, 2.05) is 31.2 Å². The Morgan fingerprint density at radius 1 is 1.17 bits per heavy atom. The summed E-state index contributed by atoms with van der Waals surface area (Å²) >= 11 is 0. The minimum absolute atomic E-state index is 0.0835. The molecular weight excluding hydrogens is 376 g/mol. The highest BCUT2D eigenvalue weighted by atomic mass is 16.1. The van der Waals surface area contributed by atoms with E-state index in [2.05, 4.69) is 34.4 Å². The van der Waals surface area contributed by atoms with Gasteiger partial charge in [0, 0.05) is 47.9 Å². The first-order valence-corrected chi connectivity index (χ1v) is 10.2. The molecule has 1 aromatic carbocycles. The fourth-order valence-corrected chi connectivity index (χ4v) is 4.06. The van der Waals surface area contributed by atoms with Gasteiger partial charge in [-0.1, -0.05) is 19.9 Å². The highest BCUT2D eigenvalue weighted by Gasteiger charge is 2.35. The van der Waals surface area contributed by atoms with Crippen LogP contribution in [0.3, 0.4) is 0 Å². The Balaban J connectivity index is 1.80. The molecule has 0 saturated carbocycles. The van der Waals surface area contributed by atoms with E-state index < -0.39 is 0 Å². The number of aromatic amines is 1. The summed E-state index contributed by atoms with van der Waals surface area (Å²) in [6.45, 7) is 6.69. The number of anilines is 2. The maximum Gasteiger partial charge on any atom is 0.251 e. The number of carbonyl (C=O) groups excluding carboxylic acids is 2. The van der Waals surface area contributed by atoms with Gasteiger partial charge in [0.1, 0.15) is 0 Å². The summed E-state index contributed by atoms with van der Waals surface area (Å²) in [4.78, 5) is 32.9. The van der Waals surface area contributed by atoms with E-state index in [1.165, 1.54) is 0 Å². The smallest absolute Gasteiger partial charge is 0.251 e. The first-order chi connectivity index (χ1) is 14.4. The summed E-state index contributed by atoms with van der Waals surface area (Å²) < 4.78 is 0. The Morgan fingerprint density at radius 3 is 2.67 bits per heavy atom. The summed E-state index contributed by atoms with van der Waals surface area (Å²) in [6, 6.07) is 11.2. The molecule has 6 heteroatoms. The molecule has 3 aromatic rings. The molecule has 0 bridgehead atoms. The van der Waals surface area contributed by atoms with Crippen molar-refractivity contribution in [3.05, 3.63) is 65.6 Å². The molecular formula is C24H26N4O2. The van der Waals surface area contributed by atoms with E-state index in [-0.39, 0.29) is 17.1 Å². The van der Waals surface area contributed by atoms with Crippen molar-refractivity contribution < 1.29 is 9.59 Å². The Labute approximate surface area is 176 Å². The van der Waals surface area contributed by atoms with Crippen LogP contribution in [-0.4, -0.2) is 28.2 Å². The zero-order chi connectivity index (χ0) is 21.3. The van der Waals surface area contributed by atoms with E-state index in [4.69, 9.17) is 0 Å². The van der Waals surface area contributed by atoms with Gasteiger partial charge < -0.3 is 15.6 Å². The zero-order valence-electron chi connectivity index (χ0n) is 17.5. The number of carbonyl (C=O) groups is 2. The topological polar surface area (TPSA) is 86.9 Å². The average Bonchev–Trinajstić information content (AvgIpc) is 3.06. The number of benzene rings is 1. The van der Waals surface area contributed by atoms with Crippen molar-refractivity contribution in [2.45, 2.75) is 33.6 Å². The molecule has 0 saturated heterocycles. The molecule has 2 aromatic heterocycles. The number of rotatable bonds is 5. The molecule has 2 heterocycles. The SMILES string of the molecule is CCNC(=O)c1cccc(Nc2c(-c3ccncc3)[nH]c3c2C(=O)CC(C)(C)C3)c1. The van der Waals surface area contributed by atoms with E-state index in [0.717, 1.165) is 34.7 Å². The van der Waals surface area contributed by atoms with Crippen molar-refractivity contribution in [1.82, 2.24) is 15.3 Å². The highest BCUT2D eigenvalue weighted by Crippen LogP contribution is 2.43. The highest BCUT2D eigenvalue weighted by molar-refractivity contribution is 6.08. The maximum absolute atomic E-state index is 13.1. The summed E-state index contributed by atoms with van der Waals surface area (Å²) in [5, 5.41) is 6.24. The number of nitrogens with zero attached hydrogens (tertiary/aromatic N) is 1. The number of fused-ring (bicyclic) bond motifs is 1. The second-order valence-electron chi connectivity index (χ2n) is 8.47. The van der Waals surface area contributed by atoms with Crippen LogP contribution < -0.4 is 10.6 Å². The molecule has 30 heavy (non-hydrogen) atoms. The molecule has 4 rings (SSSR count). The van der Waals surface area contributed by atoms with Gasteiger partial charge in [0.25, 0.3) is 5.91 Å². The number of aromatic nitrogens is 2. The second-order valence-corrected chi connectivity index (χ2v) is 8.47. The number of Topliss-reactive ketones (excluding diaryl/α,β-unsaturated/α-hetero) is 1. The molecule has 0 unspecified atom stereocenters. The molecule has 154 valence electrons. The molecule has 0 spiro atoms. The second kappa shape index (κ2) is 7.78. The van der Waals surface area contributed by atoms with Crippen LogP contribution in [0.15, 0.2) is 48.8 Å². The van der Waals surface area contributed by atoms with Gasteiger partial charge in [-0.2, -0.15) is 0 Å². The van der Waals surface area contributed by atoms with Gasteiger partial charge in [-0.15, -0.1) is 0 Å². The number of hydrogen-bond acceptors (Lipinski definition) is 4. The lowest BCUT2D eigenvalue weighted by atomic mass is 9.76. The number of ketones is 1. The summed E-state index contributed by atoms with van der Waals surface area (Å²) in [7, 11) is 0. The van der Waals surface area contributed by atoms with Crippen molar-refractivity contribution in [3.8, 4) is 11.3 Å². The van der Waals surface area contributed by atoms with Crippen molar-refractivity contribution in [2.75, 3.05) is 11.9 Å². The van der Waals surface area contributed by atoms with Crippen LogP contribution >= 0.6 is 0 Å². The molecule has 1 amide bonds. The zero-order valence-corrected chi connectivity index (χ0v) is 17.5. The van der Waals surface area contributed by atoms with E-state index in [9.17, 15) is 9.59 Å². The quantitative estimate of drug-likeness (QED) is 0.576. The molecule has 0 atom stereocenters. The first kappa shape index (κ1) is 19.9. The Hall–Kier alpha value is -3.41. The largest absolute Gasteiger partial charge is 0.356 e. The Kier molecular flexibility index (Phi) is 5.16. The maximum atomic E-state index is 13.1. The standard InChI is InChI=1S/C24H26N4O2/c1-4-26-23(30)16-6-5-7-17(12-16)27-22-20-18(13-24(2,3)14-19(20)29)28-21(22)15-8-10-25-11-9-15/h5-12,27-28H,4,13-14H2,1-3H3,(H,26,30). The minimum Gasteiger partial charge on any atom is -0.356 e. The molecule has 0 aliphatic heterocycles. The third kappa shape index (κ3) is 3.85. The summed E-state index contributed by atoms with van der Waals surface area (Å²) in [5.74, 6) is 0.00428. The molecule has 0 radical (unpaired) electrons. The lowest BCUT2D eigenvalue weighted by Gasteiger charge is -2.28. The van der Waals surface area contributed by atoms with Crippen molar-refractivity contribution in [2.24, 2.45) is 5.41 Å². The number of H-pyrrole nitrogens is 1. The van der Waals surface area contributed by atoms with Crippen LogP contribution in [0.25, 0.3) is 11.3 Å². The normalized spacial score (nSPS) is 14.8. The molecule has 1 aliphatic carbocycles. The summed E-state index contributed by atoms with van der Waals surface area (Å²) in [5.41, 5.74) is 5.47. The minimum atomic E-state index is -0.121. The molecule has 0 fully saturated rings. The van der Waals surface area contributed by atoms with Gasteiger partial charge >= 0.3 is 0 Å². The third-order valence-corrected chi connectivity index (χ3v) is 5.35. The van der Waals surface area contributed by atoms with Gasteiger partial charge in [-0.05, 0) is 49.1 Å². The average molecular weight is 402 g/mol. The third-order valence-electron chi connectivity index (χ3n) is 5.35. The predicted molar refractivity (Wildman–Crippen MR) is 118 cm³/mol. The Bertz CT molecular complexity index is 1100. The van der Waals surface area contributed by atoms with E-state index in [0.29, 0.717) is 24.1 Å². The van der Waals surface area contributed by atoms with Crippen LogP contribution in [-0.2, 0) is 6.42 Å². The monoisotopic (exact) mass is 402 g/mol. The van der Waals surface area contributed by atoms with Crippen LogP contribution in [0, 0.1) is 5.41 Å². The summed E-state index contributed by atoms with van der Waals surface area (Å²) in [6.07, 6.45) is 4.77. The number of hydrogen-bond donors (Lipinski definition) is 3. The molecule has 3 N–H and O–H groups in total. The van der Waals surface area contributed by atoms with E-state index in [1.54, 1.807) is 24.5 Å². The predicted octanol–water partition coefficient (Wildman–Crippen LogP) is 4.73. The molecule has 6 nitrogen and oxygen atoms in total. The van der Waals surface area contributed by atoms with Crippen molar-refractivity contribution >= 4 is 23.1 Å². The molecule has 1 aliphatic rings. The lowest BCUT2D eigenvalue weighted by Crippen LogP contribution is -2.26. The van der Waals surface area contributed by atoms with Crippen molar-refractivity contribution in [1.29, 1.82) is 0 Å².